The van der Waals surface area contributed by atoms with Crippen LogP contribution in [0.1, 0.15) is 0 Å². The van der Waals surface area contributed by atoms with Crippen molar-refractivity contribution in [1.29, 1.82) is 0 Å². The van der Waals surface area contributed by atoms with Crippen LogP contribution in [0.3, 0.4) is 0 Å². The van der Waals surface area contributed by atoms with E-state index in [1.807, 2.05) is 46.9 Å². The molecule has 1 amide bonds. The molecule has 1 aliphatic rings. The van der Waals surface area contributed by atoms with Crippen molar-refractivity contribution in [3.05, 3.63) is 58.9 Å². The Balaban J connectivity index is 1.30. The van der Waals surface area contributed by atoms with E-state index in [-0.39, 0.29) is 23.3 Å². The van der Waals surface area contributed by atoms with E-state index in [2.05, 4.69) is 10.2 Å². The molecule has 3 heterocycles. The molecule has 2 aromatic heterocycles. The number of nitrogens with zero attached hydrogens (tertiary/aromatic N) is 5. The maximum atomic E-state index is 12.8. The van der Waals surface area contributed by atoms with Crippen LogP contribution in [0.15, 0.2) is 58.5 Å². The highest BCUT2D eigenvalue weighted by Gasteiger charge is 2.24. The first-order valence-corrected chi connectivity index (χ1v) is 11.1. The fourth-order valence-electron chi connectivity index (χ4n) is 3.70. The van der Waals surface area contributed by atoms with Gasteiger partial charge in [0.05, 0.1) is 23.2 Å². The van der Waals surface area contributed by atoms with E-state index >= 15 is 0 Å². The van der Waals surface area contributed by atoms with Gasteiger partial charge in [0.2, 0.25) is 11.7 Å². The third-order valence-electron chi connectivity index (χ3n) is 5.39. The van der Waals surface area contributed by atoms with Crippen molar-refractivity contribution >= 4 is 34.3 Å². The summed E-state index contributed by atoms with van der Waals surface area (Å²) in [4.78, 5) is 27.0. The van der Waals surface area contributed by atoms with Crippen molar-refractivity contribution in [2.45, 2.75) is 11.3 Å². The molecule has 1 aliphatic heterocycles. The smallest absolute Gasteiger partial charge is 0.262 e. The van der Waals surface area contributed by atoms with Gasteiger partial charge in [0.25, 0.3) is 5.56 Å². The standard InChI is InChI=1S/C22H21N5O4S/c1-25(11-14-12-30-17-9-5-6-10-18(17)31-14)19(28)13-32-22-24-23-21-26(2)20(29)15-7-3-4-8-16(15)27(21)22/h3-10,14H,11-13H2,1-2H3/t14-/m0/s1. The molecule has 0 bridgehead atoms. The lowest BCUT2D eigenvalue weighted by molar-refractivity contribution is -0.128. The summed E-state index contributed by atoms with van der Waals surface area (Å²) >= 11 is 1.28. The molecular weight excluding hydrogens is 430 g/mol. The lowest BCUT2D eigenvalue weighted by Gasteiger charge is -2.29. The number of thioether (sulfide) groups is 1. The molecule has 9 nitrogen and oxygen atoms in total. The largest absolute Gasteiger partial charge is 0.486 e. The van der Waals surface area contributed by atoms with Gasteiger partial charge in [-0.2, -0.15) is 0 Å². The SMILES string of the molecule is CN(C[C@H]1COc2ccccc2O1)C(=O)CSc1nnc2n(C)c(=O)c3ccccc3n12. The third-order valence-corrected chi connectivity index (χ3v) is 6.31. The molecule has 0 spiro atoms. The summed E-state index contributed by atoms with van der Waals surface area (Å²) < 4.78 is 14.9. The van der Waals surface area contributed by atoms with Crippen LogP contribution in [-0.4, -0.2) is 62.0 Å². The Kier molecular flexibility index (Phi) is 5.22. The molecule has 0 radical (unpaired) electrons. The minimum absolute atomic E-state index is 0.0664. The number of carbonyl (C=O) groups is 1. The second-order valence-electron chi connectivity index (χ2n) is 7.56. The summed E-state index contributed by atoms with van der Waals surface area (Å²) in [6, 6.07) is 14.8. The number of likely N-dealkylation sites (N-methyl/N-ethyl adjacent to an activating group) is 1. The molecule has 10 heteroatoms. The lowest BCUT2D eigenvalue weighted by Crippen LogP contribution is -2.42. The zero-order chi connectivity index (χ0) is 22.2. The number of hydrogen-bond donors (Lipinski definition) is 0. The Morgan fingerprint density at radius 3 is 2.75 bits per heavy atom. The average Bonchev–Trinajstić information content (AvgIpc) is 3.25. The lowest BCUT2D eigenvalue weighted by atomic mass is 10.2. The van der Waals surface area contributed by atoms with Gasteiger partial charge in [-0.05, 0) is 24.3 Å². The normalized spacial score (nSPS) is 15.2. The Bertz CT molecular complexity index is 1380. The van der Waals surface area contributed by atoms with E-state index in [1.165, 1.54) is 16.3 Å². The first kappa shape index (κ1) is 20.4. The van der Waals surface area contributed by atoms with E-state index in [0.717, 1.165) is 0 Å². The highest BCUT2D eigenvalue weighted by atomic mass is 32.2. The molecule has 0 N–H and O–H groups in total. The van der Waals surface area contributed by atoms with Crippen LogP contribution in [0.25, 0.3) is 16.7 Å². The predicted octanol–water partition coefficient (Wildman–Crippen LogP) is 1.97. The molecule has 32 heavy (non-hydrogen) atoms. The Morgan fingerprint density at radius 1 is 1.16 bits per heavy atom. The van der Waals surface area contributed by atoms with Gasteiger partial charge in [-0.25, -0.2) is 0 Å². The van der Waals surface area contributed by atoms with Crippen LogP contribution in [0, 0.1) is 0 Å². The van der Waals surface area contributed by atoms with Crippen LogP contribution < -0.4 is 15.0 Å². The highest BCUT2D eigenvalue weighted by Crippen LogP contribution is 2.31. The van der Waals surface area contributed by atoms with Gasteiger partial charge in [0, 0.05) is 14.1 Å². The number of fused-ring (bicyclic) bond motifs is 4. The van der Waals surface area contributed by atoms with E-state index in [4.69, 9.17) is 9.47 Å². The monoisotopic (exact) mass is 451 g/mol. The number of aryl methyl sites for hydroxylation is 1. The minimum Gasteiger partial charge on any atom is -0.486 e. The zero-order valence-electron chi connectivity index (χ0n) is 17.6. The second-order valence-corrected chi connectivity index (χ2v) is 8.50. The van der Waals surface area contributed by atoms with Crippen molar-refractivity contribution in [3.8, 4) is 11.5 Å². The molecule has 0 saturated carbocycles. The molecule has 1 atom stereocenters. The molecular formula is C22H21N5O4S. The van der Waals surface area contributed by atoms with Gasteiger partial charge in [-0.3, -0.25) is 18.6 Å². The second kappa shape index (κ2) is 8.19. The topological polar surface area (TPSA) is 91.0 Å². The average molecular weight is 452 g/mol. The minimum atomic E-state index is -0.240. The first-order valence-electron chi connectivity index (χ1n) is 10.1. The van der Waals surface area contributed by atoms with Crippen LogP contribution in [-0.2, 0) is 11.8 Å². The third kappa shape index (κ3) is 3.56. The quantitative estimate of drug-likeness (QED) is 0.429. The molecule has 0 saturated heterocycles. The van der Waals surface area contributed by atoms with E-state index in [9.17, 15) is 9.59 Å². The summed E-state index contributed by atoms with van der Waals surface area (Å²) in [5.41, 5.74) is 0.578. The van der Waals surface area contributed by atoms with Crippen molar-refractivity contribution in [2.24, 2.45) is 7.05 Å². The number of benzene rings is 2. The van der Waals surface area contributed by atoms with E-state index < -0.39 is 0 Å². The molecule has 0 aliphatic carbocycles. The number of carbonyl (C=O) groups excluding carboxylic acids is 1. The summed E-state index contributed by atoms with van der Waals surface area (Å²) in [6.45, 7) is 0.794. The Hall–Kier alpha value is -3.53. The number of rotatable bonds is 5. The fourth-order valence-corrected chi connectivity index (χ4v) is 4.58. The summed E-state index contributed by atoms with van der Waals surface area (Å²) in [5.74, 6) is 1.95. The fraction of sp³-hybridized carbons (Fsp3) is 0.273. The zero-order valence-corrected chi connectivity index (χ0v) is 18.4. The van der Waals surface area contributed by atoms with Gasteiger partial charge in [-0.1, -0.05) is 36.0 Å². The first-order chi connectivity index (χ1) is 15.5. The molecule has 0 fully saturated rings. The number of hydrogen-bond acceptors (Lipinski definition) is 7. The number of aromatic nitrogens is 4. The van der Waals surface area contributed by atoms with Crippen molar-refractivity contribution < 1.29 is 14.3 Å². The van der Waals surface area contributed by atoms with E-state index in [1.54, 1.807) is 25.1 Å². The molecule has 164 valence electrons. The Morgan fingerprint density at radius 2 is 1.91 bits per heavy atom. The number of ether oxygens (including phenoxy) is 2. The predicted molar refractivity (Wildman–Crippen MR) is 120 cm³/mol. The van der Waals surface area contributed by atoms with Crippen molar-refractivity contribution in [2.75, 3.05) is 26.0 Å². The van der Waals surface area contributed by atoms with Crippen LogP contribution >= 0.6 is 11.8 Å². The van der Waals surface area contributed by atoms with Crippen LogP contribution in [0.2, 0.25) is 0 Å². The van der Waals surface area contributed by atoms with Gasteiger partial charge in [0.1, 0.15) is 6.61 Å². The maximum Gasteiger partial charge on any atom is 0.262 e. The summed E-state index contributed by atoms with van der Waals surface area (Å²) in [6.07, 6.45) is -0.240. The van der Waals surface area contributed by atoms with E-state index in [0.29, 0.717) is 46.5 Å². The molecule has 4 aromatic rings. The van der Waals surface area contributed by atoms with Gasteiger partial charge >= 0.3 is 0 Å². The molecule has 5 rings (SSSR count). The van der Waals surface area contributed by atoms with Crippen LogP contribution in [0.4, 0.5) is 0 Å². The van der Waals surface area contributed by atoms with Crippen LogP contribution in [0.5, 0.6) is 11.5 Å². The Labute approximate surface area is 187 Å². The van der Waals surface area contributed by atoms with Crippen molar-refractivity contribution in [3.63, 3.8) is 0 Å². The maximum absolute atomic E-state index is 12.8. The van der Waals surface area contributed by atoms with Gasteiger partial charge < -0.3 is 14.4 Å². The van der Waals surface area contributed by atoms with Gasteiger partial charge in [0.15, 0.2) is 22.8 Å². The molecule has 2 aromatic carbocycles. The highest BCUT2D eigenvalue weighted by molar-refractivity contribution is 7.99. The number of amides is 1. The number of para-hydroxylation sites is 3. The van der Waals surface area contributed by atoms with Crippen molar-refractivity contribution in [1.82, 2.24) is 24.1 Å². The summed E-state index contributed by atoms with van der Waals surface area (Å²) in [5, 5.41) is 9.51. The van der Waals surface area contributed by atoms with Gasteiger partial charge in [-0.15, -0.1) is 10.2 Å². The molecule has 0 unspecified atom stereocenters. The summed E-state index contributed by atoms with van der Waals surface area (Å²) in [7, 11) is 3.41.